The van der Waals surface area contributed by atoms with Gasteiger partial charge in [-0.3, -0.25) is 14.6 Å². The molecule has 1 aromatic carbocycles. The fourth-order valence-corrected chi connectivity index (χ4v) is 5.55. The van der Waals surface area contributed by atoms with Crippen molar-refractivity contribution in [1.29, 1.82) is 0 Å². The maximum atomic E-state index is 13.2. The number of benzene rings is 1. The Labute approximate surface area is 231 Å². The lowest BCUT2D eigenvalue weighted by molar-refractivity contribution is -0.147. The summed E-state index contributed by atoms with van der Waals surface area (Å²) in [6.07, 6.45) is -11.4. The fraction of sp³-hybridized carbons (Fsp3) is 0.375. The molecule has 0 radical (unpaired) electrons. The first-order chi connectivity index (χ1) is 18.5. The van der Waals surface area contributed by atoms with E-state index in [-0.39, 0.29) is 53.0 Å². The minimum atomic E-state index is -5.03. The number of carbonyl (C=O) groups is 2. The molecule has 8 nitrogen and oxygen atoms in total. The molecular weight excluding hydrogens is 590 g/mol. The molecule has 2 aliphatic rings. The first-order valence-corrected chi connectivity index (χ1v) is 12.7. The van der Waals surface area contributed by atoms with Crippen LogP contribution < -0.4 is 0 Å². The van der Waals surface area contributed by atoms with Crippen LogP contribution in [0.15, 0.2) is 39.7 Å². The van der Waals surface area contributed by atoms with Gasteiger partial charge in [-0.05, 0) is 30.3 Å². The standard InChI is InChI=1S/C24H20F6N2O6S2/c25-23(26,27)13-3-11(4-14(5-13)24(28,29)30)18-2-1-15(38-18)6-19-20(35)32(22(39)40-19)8-12-7-31(9-16(12)33)10-17(34)21(36)37/h1-6,12,16-17,33-34H,7-10H2,(H,36,37). The van der Waals surface area contributed by atoms with Gasteiger partial charge in [-0.15, -0.1) is 0 Å². The zero-order valence-electron chi connectivity index (χ0n) is 20.1. The van der Waals surface area contributed by atoms with Crippen molar-refractivity contribution in [3.8, 4) is 11.3 Å². The molecule has 1 aromatic heterocycles. The van der Waals surface area contributed by atoms with Crippen LogP contribution in [0.5, 0.6) is 0 Å². The smallest absolute Gasteiger partial charge is 0.416 e. The highest BCUT2D eigenvalue weighted by atomic mass is 32.2. The number of aliphatic hydroxyl groups is 2. The number of thioether (sulfide) groups is 1. The number of carbonyl (C=O) groups excluding carboxylic acids is 1. The number of aliphatic carboxylic acids is 1. The molecule has 3 N–H and O–H groups in total. The molecule has 16 heteroatoms. The summed E-state index contributed by atoms with van der Waals surface area (Å²) in [6.45, 7) is 0.0650. The summed E-state index contributed by atoms with van der Waals surface area (Å²) >= 11 is 6.16. The van der Waals surface area contributed by atoms with Gasteiger partial charge in [0.25, 0.3) is 5.91 Å². The number of hydrogen-bond acceptors (Lipinski definition) is 8. The molecule has 3 atom stereocenters. The molecule has 40 heavy (non-hydrogen) atoms. The zero-order chi connectivity index (χ0) is 29.6. The Morgan fingerprint density at radius 2 is 1.75 bits per heavy atom. The van der Waals surface area contributed by atoms with Crippen molar-refractivity contribution in [2.24, 2.45) is 5.92 Å². The molecule has 4 rings (SSSR count). The van der Waals surface area contributed by atoms with Crippen molar-refractivity contribution >= 4 is 46.3 Å². The second-order valence-electron chi connectivity index (χ2n) is 9.19. The molecule has 0 saturated carbocycles. The number of furan rings is 1. The summed E-state index contributed by atoms with van der Waals surface area (Å²) in [6, 6.07) is 3.53. The van der Waals surface area contributed by atoms with Gasteiger partial charge in [0.2, 0.25) is 0 Å². The molecule has 1 amide bonds. The highest BCUT2D eigenvalue weighted by Crippen LogP contribution is 2.40. The van der Waals surface area contributed by atoms with Gasteiger partial charge in [0.15, 0.2) is 6.10 Å². The topological polar surface area (TPSA) is 114 Å². The molecule has 0 aliphatic carbocycles. The van der Waals surface area contributed by atoms with Crippen LogP contribution >= 0.6 is 24.0 Å². The predicted molar refractivity (Wildman–Crippen MR) is 134 cm³/mol. The van der Waals surface area contributed by atoms with E-state index in [1.165, 1.54) is 23.1 Å². The van der Waals surface area contributed by atoms with E-state index in [0.717, 1.165) is 11.8 Å². The van der Waals surface area contributed by atoms with E-state index in [2.05, 4.69) is 0 Å². The van der Waals surface area contributed by atoms with Crippen molar-refractivity contribution in [2.75, 3.05) is 26.2 Å². The molecule has 0 spiro atoms. The average molecular weight is 611 g/mol. The van der Waals surface area contributed by atoms with E-state index in [1.807, 2.05) is 0 Å². The second kappa shape index (κ2) is 11.2. The van der Waals surface area contributed by atoms with E-state index in [1.54, 1.807) is 4.90 Å². The van der Waals surface area contributed by atoms with Crippen molar-refractivity contribution in [2.45, 2.75) is 24.6 Å². The van der Waals surface area contributed by atoms with Gasteiger partial charge in [0.1, 0.15) is 15.8 Å². The normalized spacial score (nSPS) is 22.5. The Balaban J connectivity index is 1.50. The van der Waals surface area contributed by atoms with Crippen LogP contribution in [0.4, 0.5) is 26.3 Å². The lowest BCUT2D eigenvalue weighted by Crippen LogP contribution is -2.38. The lowest BCUT2D eigenvalue weighted by atomic mass is 10.0. The number of amides is 1. The fourth-order valence-electron chi connectivity index (χ4n) is 4.30. The Hall–Kier alpha value is -2.92. The molecule has 0 bridgehead atoms. The van der Waals surface area contributed by atoms with Gasteiger partial charge in [-0.2, -0.15) is 26.3 Å². The van der Waals surface area contributed by atoms with Crippen LogP contribution in [-0.2, 0) is 21.9 Å². The molecular formula is C24H20F6N2O6S2. The van der Waals surface area contributed by atoms with Crippen molar-refractivity contribution < 1.29 is 55.7 Å². The maximum absolute atomic E-state index is 13.2. The van der Waals surface area contributed by atoms with Gasteiger partial charge >= 0.3 is 18.3 Å². The van der Waals surface area contributed by atoms with E-state index in [4.69, 9.17) is 21.7 Å². The number of rotatable bonds is 7. The molecule has 216 valence electrons. The first-order valence-electron chi connectivity index (χ1n) is 11.5. The second-order valence-corrected chi connectivity index (χ2v) is 10.9. The van der Waals surface area contributed by atoms with Gasteiger partial charge in [-0.25, -0.2) is 4.79 Å². The largest absolute Gasteiger partial charge is 0.479 e. The Morgan fingerprint density at radius 1 is 1.12 bits per heavy atom. The summed E-state index contributed by atoms with van der Waals surface area (Å²) in [5.74, 6) is -2.76. The SMILES string of the molecule is O=C(O)C(O)CN1CC(O)C(CN2C(=O)C(=Cc3ccc(-c4cc(C(F)(F)F)cc(C(F)(F)F)c4)o3)SC2=S)C1. The van der Waals surface area contributed by atoms with Gasteiger partial charge < -0.3 is 19.7 Å². The minimum Gasteiger partial charge on any atom is -0.479 e. The highest BCUT2D eigenvalue weighted by molar-refractivity contribution is 8.26. The van der Waals surface area contributed by atoms with E-state index in [0.29, 0.717) is 12.1 Å². The lowest BCUT2D eigenvalue weighted by Gasteiger charge is -2.21. The third-order valence-corrected chi connectivity index (χ3v) is 7.64. The van der Waals surface area contributed by atoms with Crippen LogP contribution in [0, 0.1) is 5.92 Å². The number of hydrogen-bond donors (Lipinski definition) is 3. The number of β-amino-alcohol motifs (C(OH)–C–C–N with tert-alkyl or cyclic N) is 2. The van der Waals surface area contributed by atoms with Crippen LogP contribution in [0.2, 0.25) is 0 Å². The van der Waals surface area contributed by atoms with Crippen molar-refractivity contribution in [3.05, 3.63) is 52.1 Å². The number of halogens is 6. The zero-order valence-corrected chi connectivity index (χ0v) is 21.7. The van der Waals surface area contributed by atoms with Crippen LogP contribution in [-0.4, -0.2) is 79.7 Å². The minimum absolute atomic E-state index is 0.00328. The number of carboxylic acids is 1. The van der Waals surface area contributed by atoms with Gasteiger partial charge in [-0.1, -0.05) is 24.0 Å². The average Bonchev–Trinajstić information content (AvgIpc) is 3.52. The van der Waals surface area contributed by atoms with Crippen molar-refractivity contribution in [3.63, 3.8) is 0 Å². The Morgan fingerprint density at radius 3 is 2.33 bits per heavy atom. The number of nitrogens with zero attached hydrogens (tertiary/aromatic N) is 2. The van der Waals surface area contributed by atoms with E-state index in [9.17, 15) is 46.1 Å². The van der Waals surface area contributed by atoms with E-state index >= 15 is 0 Å². The number of thiocarbonyl (C=S) groups is 1. The first kappa shape index (κ1) is 30.0. The number of alkyl halides is 6. The summed E-state index contributed by atoms with van der Waals surface area (Å²) < 4.78 is 84.8. The van der Waals surface area contributed by atoms with E-state index < -0.39 is 59.0 Å². The molecule has 3 unspecified atom stereocenters. The maximum Gasteiger partial charge on any atom is 0.416 e. The number of likely N-dealkylation sites (tertiary alicyclic amines) is 1. The molecule has 2 aromatic rings. The summed E-state index contributed by atoms with van der Waals surface area (Å²) in [7, 11) is 0. The van der Waals surface area contributed by atoms with Gasteiger partial charge in [0.05, 0.1) is 22.1 Å². The third kappa shape index (κ3) is 6.68. The quantitative estimate of drug-likeness (QED) is 0.244. The molecule has 2 fully saturated rings. The Bertz CT molecular complexity index is 1330. The summed E-state index contributed by atoms with van der Waals surface area (Å²) in [4.78, 5) is 26.7. The predicted octanol–water partition coefficient (Wildman–Crippen LogP) is 3.92. The molecule has 2 saturated heterocycles. The molecule has 3 heterocycles. The van der Waals surface area contributed by atoms with Crippen LogP contribution in [0.1, 0.15) is 16.9 Å². The summed E-state index contributed by atoms with van der Waals surface area (Å²) in [5.41, 5.74) is -3.45. The third-order valence-electron chi connectivity index (χ3n) is 6.26. The monoisotopic (exact) mass is 610 g/mol. The Kier molecular flexibility index (Phi) is 8.38. The van der Waals surface area contributed by atoms with Crippen LogP contribution in [0.25, 0.3) is 17.4 Å². The summed E-state index contributed by atoms with van der Waals surface area (Å²) in [5, 5.41) is 28.8. The number of aliphatic hydroxyl groups excluding tert-OH is 2. The molecule has 2 aliphatic heterocycles. The van der Waals surface area contributed by atoms with Crippen molar-refractivity contribution in [1.82, 2.24) is 9.80 Å². The number of carboxylic acid groups (broad SMARTS) is 1. The van der Waals surface area contributed by atoms with Crippen LogP contribution in [0.3, 0.4) is 0 Å². The van der Waals surface area contributed by atoms with Gasteiger partial charge in [0, 0.05) is 43.7 Å². The highest BCUT2D eigenvalue weighted by Gasteiger charge is 2.40.